The summed E-state index contributed by atoms with van der Waals surface area (Å²) in [5.41, 5.74) is 24.5. The fourth-order valence-electron chi connectivity index (χ4n) is 2.57. The highest BCUT2D eigenvalue weighted by molar-refractivity contribution is 9.13. The second kappa shape index (κ2) is 4.72. The molecule has 0 radical (unpaired) electrons. The van der Waals surface area contributed by atoms with E-state index in [0.29, 0.717) is 8.95 Å². The maximum atomic E-state index is 12.8. The van der Waals surface area contributed by atoms with Crippen LogP contribution in [0, 0.1) is 0 Å². The van der Waals surface area contributed by atoms with E-state index < -0.39 is 11.6 Å². The lowest BCUT2D eigenvalue weighted by atomic mass is 9.81. The molecule has 0 saturated heterocycles. The van der Waals surface area contributed by atoms with Crippen LogP contribution in [0.1, 0.15) is 31.8 Å². The monoisotopic (exact) mass is 424 g/mol. The Bertz CT molecular complexity index is 821. The van der Waals surface area contributed by atoms with Crippen LogP contribution in [-0.4, -0.2) is 11.6 Å². The van der Waals surface area contributed by atoms with Gasteiger partial charge in [0.2, 0.25) is 0 Å². The van der Waals surface area contributed by atoms with E-state index in [0.717, 1.165) is 0 Å². The van der Waals surface area contributed by atoms with Crippen LogP contribution in [-0.2, 0) is 0 Å². The molecule has 6 nitrogen and oxygen atoms in total. The van der Waals surface area contributed by atoms with Gasteiger partial charge >= 0.3 is 0 Å². The molecule has 0 fully saturated rings. The Hall–Kier alpha value is -2.06. The molecule has 0 heterocycles. The van der Waals surface area contributed by atoms with Gasteiger partial charge in [-0.05, 0) is 44.0 Å². The fraction of sp³-hybridized carbons (Fsp3) is 0. The van der Waals surface area contributed by atoms with Crippen molar-refractivity contribution < 1.29 is 9.59 Å². The summed E-state index contributed by atoms with van der Waals surface area (Å²) in [6.45, 7) is 0. The highest BCUT2D eigenvalue weighted by Gasteiger charge is 2.37. The second-order valence-electron chi connectivity index (χ2n) is 4.86. The zero-order valence-corrected chi connectivity index (χ0v) is 14.2. The van der Waals surface area contributed by atoms with Gasteiger partial charge in [-0.1, -0.05) is 0 Å². The van der Waals surface area contributed by atoms with Crippen molar-refractivity contribution in [3.05, 3.63) is 43.3 Å². The number of carbonyl (C=O) groups is 2. The summed E-state index contributed by atoms with van der Waals surface area (Å²) in [6.07, 6.45) is 0. The lowest BCUT2D eigenvalue weighted by Gasteiger charge is -2.24. The van der Waals surface area contributed by atoms with Gasteiger partial charge < -0.3 is 22.9 Å². The summed E-state index contributed by atoms with van der Waals surface area (Å²) in [6, 6.07) is 2.97. The highest BCUT2D eigenvalue weighted by atomic mass is 79.9. The van der Waals surface area contributed by atoms with Gasteiger partial charge in [-0.3, -0.25) is 9.59 Å². The van der Waals surface area contributed by atoms with Crippen molar-refractivity contribution in [1.29, 1.82) is 0 Å². The van der Waals surface area contributed by atoms with Gasteiger partial charge in [0.15, 0.2) is 11.6 Å². The van der Waals surface area contributed by atoms with E-state index in [-0.39, 0.29) is 45.0 Å². The van der Waals surface area contributed by atoms with Crippen LogP contribution >= 0.6 is 31.9 Å². The average Bonchev–Trinajstić information content (AvgIpc) is 2.48. The van der Waals surface area contributed by atoms with Gasteiger partial charge in [0.05, 0.1) is 42.6 Å². The molecule has 8 heteroatoms. The summed E-state index contributed by atoms with van der Waals surface area (Å²) >= 11 is 6.52. The molecule has 0 saturated carbocycles. The van der Waals surface area contributed by atoms with E-state index in [4.69, 9.17) is 22.9 Å². The molecule has 0 bridgehead atoms. The van der Waals surface area contributed by atoms with Crippen molar-refractivity contribution in [3.8, 4) is 0 Å². The van der Waals surface area contributed by atoms with Crippen LogP contribution in [0.25, 0.3) is 0 Å². The molecule has 0 unspecified atom stereocenters. The molecule has 0 aromatic heterocycles. The number of hydrogen-bond acceptors (Lipinski definition) is 6. The molecular formula is C14H10Br2N4O2. The molecule has 1 aliphatic rings. The Morgan fingerprint density at radius 2 is 0.955 bits per heavy atom. The summed E-state index contributed by atoms with van der Waals surface area (Å²) < 4.78 is 0.826. The maximum Gasteiger partial charge on any atom is 0.198 e. The third-order valence-electron chi connectivity index (χ3n) is 3.63. The number of rotatable bonds is 0. The van der Waals surface area contributed by atoms with E-state index in [1.165, 1.54) is 12.1 Å². The Labute approximate surface area is 142 Å². The molecule has 3 rings (SSSR count). The molecule has 0 aliphatic heterocycles. The average molecular weight is 426 g/mol. The van der Waals surface area contributed by atoms with E-state index in [1.807, 2.05) is 0 Å². The largest absolute Gasteiger partial charge is 0.398 e. The molecule has 8 N–H and O–H groups in total. The first-order chi connectivity index (χ1) is 10.3. The molecule has 1 aliphatic carbocycles. The quantitative estimate of drug-likeness (QED) is 0.407. The zero-order chi connectivity index (χ0) is 16.3. The van der Waals surface area contributed by atoms with Crippen LogP contribution in [0.3, 0.4) is 0 Å². The van der Waals surface area contributed by atoms with E-state index in [1.54, 1.807) is 0 Å². The third-order valence-corrected chi connectivity index (χ3v) is 5.81. The van der Waals surface area contributed by atoms with Crippen molar-refractivity contribution >= 4 is 66.2 Å². The Morgan fingerprint density at radius 1 is 0.636 bits per heavy atom. The van der Waals surface area contributed by atoms with Crippen molar-refractivity contribution in [1.82, 2.24) is 0 Å². The van der Waals surface area contributed by atoms with Gasteiger partial charge in [0.1, 0.15) is 0 Å². The van der Waals surface area contributed by atoms with Crippen molar-refractivity contribution in [2.75, 3.05) is 22.9 Å². The number of nitrogens with two attached hydrogens (primary N) is 4. The molecule has 2 aromatic carbocycles. The molecule has 0 atom stereocenters. The summed E-state index contributed by atoms with van der Waals surface area (Å²) in [7, 11) is 0. The van der Waals surface area contributed by atoms with Crippen LogP contribution in [0.4, 0.5) is 22.7 Å². The van der Waals surface area contributed by atoms with E-state index in [2.05, 4.69) is 31.9 Å². The number of fused-ring (bicyclic) bond motifs is 2. The van der Waals surface area contributed by atoms with Gasteiger partial charge in [-0.15, -0.1) is 0 Å². The van der Waals surface area contributed by atoms with Crippen LogP contribution in [0.15, 0.2) is 21.1 Å². The second-order valence-corrected chi connectivity index (χ2v) is 6.44. The predicted molar refractivity (Wildman–Crippen MR) is 92.8 cm³/mol. The molecule has 2 aromatic rings. The van der Waals surface area contributed by atoms with E-state index >= 15 is 0 Å². The minimum atomic E-state index is -0.466. The molecule has 0 spiro atoms. The normalized spacial score (nSPS) is 13.0. The number of nitrogen functional groups attached to an aromatic ring is 4. The van der Waals surface area contributed by atoms with Crippen molar-refractivity contribution in [2.45, 2.75) is 0 Å². The number of anilines is 4. The first kappa shape index (κ1) is 14.9. The molecule has 112 valence electrons. The molecular weight excluding hydrogens is 416 g/mol. The van der Waals surface area contributed by atoms with Crippen LogP contribution in [0.2, 0.25) is 0 Å². The number of hydrogen-bond donors (Lipinski definition) is 4. The topological polar surface area (TPSA) is 138 Å². The minimum absolute atomic E-state index is 0.0439. The Kier molecular flexibility index (Phi) is 3.19. The maximum absolute atomic E-state index is 12.8. The number of ketones is 2. The Balaban J connectivity index is 2.50. The lowest BCUT2D eigenvalue weighted by molar-refractivity contribution is 0.0981. The van der Waals surface area contributed by atoms with Gasteiger partial charge in [-0.25, -0.2) is 0 Å². The zero-order valence-electron chi connectivity index (χ0n) is 11.0. The first-order valence-electron chi connectivity index (χ1n) is 6.10. The van der Waals surface area contributed by atoms with Crippen LogP contribution in [0.5, 0.6) is 0 Å². The SMILES string of the molecule is Nc1ccc(N)c2c1C(=O)c1c(N)c(Br)c(Br)c(N)c1C2=O. The number of benzene rings is 2. The summed E-state index contributed by atoms with van der Waals surface area (Å²) in [4.78, 5) is 25.6. The number of carbonyl (C=O) groups excluding carboxylic acids is 2. The standard InChI is InChI=1S/C14H10Br2N4O2/c15-9-10(16)12(20)8-7(11(9)19)13(21)5-3(17)1-2-4(18)6(5)14(8)22/h1-2H,17-20H2. The summed E-state index contributed by atoms with van der Waals surface area (Å²) in [5.74, 6) is -0.932. The smallest absolute Gasteiger partial charge is 0.198 e. The Morgan fingerprint density at radius 3 is 1.27 bits per heavy atom. The van der Waals surface area contributed by atoms with Crippen LogP contribution < -0.4 is 22.9 Å². The fourth-order valence-corrected chi connectivity index (χ4v) is 3.39. The first-order valence-corrected chi connectivity index (χ1v) is 7.69. The van der Waals surface area contributed by atoms with Crippen molar-refractivity contribution in [2.24, 2.45) is 0 Å². The lowest BCUT2D eigenvalue weighted by Crippen LogP contribution is -2.26. The predicted octanol–water partition coefficient (Wildman–Crippen LogP) is 2.32. The third kappa shape index (κ3) is 1.71. The number of halogens is 2. The van der Waals surface area contributed by atoms with E-state index in [9.17, 15) is 9.59 Å². The van der Waals surface area contributed by atoms with Gasteiger partial charge in [0, 0.05) is 11.4 Å². The minimum Gasteiger partial charge on any atom is -0.398 e. The summed E-state index contributed by atoms with van der Waals surface area (Å²) in [5, 5.41) is 0. The molecule has 22 heavy (non-hydrogen) atoms. The van der Waals surface area contributed by atoms with Gasteiger partial charge in [-0.2, -0.15) is 0 Å². The highest BCUT2D eigenvalue weighted by Crippen LogP contribution is 2.45. The van der Waals surface area contributed by atoms with Gasteiger partial charge in [0.25, 0.3) is 0 Å². The van der Waals surface area contributed by atoms with Crippen molar-refractivity contribution in [3.63, 3.8) is 0 Å². The molecule has 0 amide bonds.